The van der Waals surface area contributed by atoms with Gasteiger partial charge < -0.3 is 24.7 Å². The lowest BCUT2D eigenvalue weighted by Crippen LogP contribution is -2.17. The van der Waals surface area contributed by atoms with Crippen LogP contribution in [0.2, 0.25) is 0 Å². The second-order valence-corrected chi connectivity index (χ2v) is 6.10. The summed E-state index contributed by atoms with van der Waals surface area (Å²) in [6.07, 6.45) is 1.75. The largest absolute Gasteiger partial charge is 0.490 e. The van der Waals surface area contributed by atoms with E-state index < -0.39 is 6.09 Å². The number of ether oxygens (including phenoxy) is 2. The fraction of sp³-hybridized carbons (Fsp3) is 0.150. The zero-order chi connectivity index (χ0) is 19.5. The van der Waals surface area contributed by atoms with Gasteiger partial charge in [0.15, 0.2) is 11.5 Å². The molecule has 0 aliphatic heterocycles. The SMILES string of the molecule is CCCOc1ccc(-c2nc(-c3cccc4[nH]ccc34)no2)cc1OC(N)=O. The lowest BCUT2D eigenvalue weighted by Gasteiger charge is -2.10. The van der Waals surface area contributed by atoms with Crippen LogP contribution in [0.3, 0.4) is 0 Å². The number of hydrogen-bond acceptors (Lipinski definition) is 6. The summed E-state index contributed by atoms with van der Waals surface area (Å²) in [5.41, 5.74) is 7.58. The van der Waals surface area contributed by atoms with Crippen LogP contribution in [0.15, 0.2) is 53.2 Å². The highest BCUT2D eigenvalue weighted by atomic mass is 16.6. The summed E-state index contributed by atoms with van der Waals surface area (Å²) in [6, 6.07) is 12.8. The Morgan fingerprint density at radius 1 is 1.21 bits per heavy atom. The molecule has 0 fully saturated rings. The van der Waals surface area contributed by atoms with Crippen molar-refractivity contribution >= 4 is 17.0 Å². The summed E-state index contributed by atoms with van der Waals surface area (Å²) in [5.74, 6) is 1.37. The van der Waals surface area contributed by atoms with Crippen LogP contribution in [0, 0.1) is 0 Å². The molecule has 0 saturated carbocycles. The maximum absolute atomic E-state index is 11.2. The highest BCUT2D eigenvalue weighted by Crippen LogP contribution is 2.34. The number of primary amides is 1. The summed E-state index contributed by atoms with van der Waals surface area (Å²) in [7, 11) is 0. The van der Waals surface area contributed by atoms with E-state index >= 15 is 0 Å². The number of carbonyl (C=O) groups is 1. The molecule has 8 nitrogen and oxygen atoms in total. The first kappa shape index (κ1) is 17.6. The van der Waals surface area contributed by atoms with Crippen LogP contribution < -0.4 is 15.2 Å². The summed E-state index contributed by atoms with van der Waals surface area (Å²) >= 11 is 0. The topological polar surface area (TPSA) is 116 Å². The molecule has 1 amide bonds. The van der Waals surface area contributed by atoms with Crippen LogP contribution >= 0.6 is 0 Å². The van der Waals surface area contributed by atoms with E-state index in [1.807, 2.05) is 37.4 Å². The average molecular weight is 378 g/mol. The minimum Gasteiger partial charge on any atom is -0.490 e. The van der Waals surface area contributed by atoms with Crippen LogP contribution in [-0.2, 0) is 0 Å². The molecule has 28 heavy (non-hydrogen) atoms. The van der Waals surface area contributed by atoms with E-state index in [-0.39, 0.29) is 5.75 Å². The van der Waals surface area contributed by atoms with E-state index in [0.717, 1.165) is 22.9 Å². The molecule has 0 saturated heterocycles. The molecule has 0 unspecified atom stereocenters. The number of rotatable bonds is 6. The van der Waals surface area contributed by atoms with Crippen molar-refractivity contribution in [3.63, 3.8) is 0 Å². The fourth-order valence-electron chi connectivity index (χ4n) is 2.89. The van der Waals surface area contributed by atoms with Gasteiger partial charge in [-0.25, -0.2) is 4.79 Å². The summed E-state index contributed by atoms with van der Waals surface area (Å²) in [6.45, 7) is 2.47. The molecule has 0 aliphatic carbocycles. The number of carbonyl (C=O) groups excluding carboxylic acids is 1. The van der Waals surface area contributed by atoms with Gasteiger partial charge in [-0.05, 0) is 36.8 Å². The third-order valence-electron chi connectivity index (χ3n) is 4.12. The first-order valence-electron chi connectivity index (χ1n) is 8.80. The molecular weight excluding hydrogens is 360 g/mol. The quantitative estimate of drug-likeness (QED) is 0.521. The van der Waals surface area contributed by atoms with Crippen LogP contribution in [0.4, 0.5) is 4.79 Å². The molecule has 4 rings (SSSR count). The molecule has 2 aromatic heterocycles. The fourth-order valence-corrected chi connectivity index (χ4v) is 2.89. The maximum atomic E-state index is 11.2. The predicted octanol–water partition coefficient (Wildman–Crippen LogP) is 4.13. The Balaban J connectivity index is 1.70. The highest BCUT2D eigenvalue weighted by molar-refractivity contribution is 5.93. The molecule has 142 valence electrons. The number of amides is 1. The molecule has 0 atom stereocenters. The van der Waals surface area contributed by atoms with Gasteiger partial charge in [0.1, 0.15) is 0 Å². The summed E-state index contributed by atoms with van der Waals surface area (Å²) < 4.78 is 16.1. The van der Waals surface area contributed by atoms with Crippen molar-refractivity contribution < 1.29 is 18.8 Å². The Morgan fingerprint density at radius 3 is 2.93 bits per heavy atom. The summed E-state index contributed by atoms with van der Waals surface area (Å²) in [5, 5.41) is 5.09. The minimum absolute atomic E-state index is 0.200. The van der Waals surface area contributed by atoms with Crippen LogP contribution in [-0.4, -0.2) is 27.8 Å². The number of nitrogens with two attached hydrogens (primary N) is 1. The van der Waals surface area contributed by atoms with E-state index in [1.165, 1.54) is 0 Å². The van der Waals surface area contributed by atoms with Gasteiger partial charge in [-0.3, -0.25) is 0 Å². The van der Waals surface area contributed by atoms with Gasteiger partial charge in [-0.2, -0.15) is 4.98 Å². The number of H-pyrrole nitrogens is 1. The highest BCUT2D eigenvalue weighted by Gasteiger charge is 2.16. The zero-order valence-electron chi connectivity index (χ0n) is 15.1. The van der Waals surface area contributed by atoms with Gasteiger partial charge in [0.2, 0.25) is 5.82 Å². The number of hydrogen-bond donors (Lipinski definition) is 2. The van der Waals surface area contributed by atoms with Gasteiger partial charge >= 0.3 is 6.09 Å². The molecule has 0 aliphatic rings. The lowest BCUT2D eigenvalue weighted by atomic mass is 10.1. The Labute approximate surface area is 160 Å². The van der Waals surface area contributed by atoms with Crippen molar-refractivity contribution in [1.29, 1.82) is 0 Å². The Morgan fingerprint density at radius 2 is 2.11 bits per heavy atom. The molecule has 0 radical (unpaired) electrons. The lowest BCUT2D eigenvalue weighted by molar-refractivity contribution is 0.207. The number of aromatic nitrogens is 3. The normalized spacial score (nSPS) is 10.9. The first-order chi connectivity index (χ1) is 13.7. The van der Waals surface area contributed by atoms with Crippen molar-refractivity contribution in [3.8, 4) is 34.3 Å². The second-order valence-electron chi connectivity index (χ2n) is 6.10. The molecule has 2 heterocycles. The van der Waals surface area contributed by atoms with Gasteiger partial charge in [0, 0.05) is 28.2 Å². The van der Waals surface area contributed by atoms with Crippen LogP contribution in [0.5, 0.6) is 11.5 Å². The first-order valence-corrected chi connectivity index (χ1v) is 8.80. The van der Waals surface area contributed by atoms with Gasteiger partial charge in [0.25, 0.3) is 5.89 Å². The third-order valence-corrected chi connectivity index (χ3v) is 4.12. The molecule has 4 aromatic rings. The number of nitrogens with zero attached hydrogens (tertiary/aromatic N) is 2. The number of nitrogens with one attached hydrogen (secondary N) is 1. The molecular formula is C20H18N4O4. The second kappa shape index (κ2) is 7.43. The predicted molar refractivity (Wildman–Crippen MR) is 103 cm³/mol. The van der Waals surface area contributed by atoms with Crippen molar-refractivity contribution in [1.82, 2.24) is 15.1 Å². The Kier molecular flexibility index (Phi) is 4.67. The number of aromatic amines is 1. The molecule has 8 heteroatoms. The Bertz CT molecular complexity index is 1130. The van der Waals surface area contributed by atoms with E-state index in [2.05, 4.69) is 15.1 Å². The van der Waals surface area contributed by atoms with E-state index in [4.69, 9.17) is 19.7 Å². The van der Waals surface area contributed by atoms with Crippen LogP contribution in [0.25, 0.3) is 33.7 Å². The van der Waals surface area contributed by atoms with Crippen LogP contribution in [0.1, 0.15) is 13.3 Å². The van der Waals surface area contributed by atoms with Gasteiger partial charge in [-0.1, -0.05) is 24.2 Å². The molecule has 3 N–H and O–H groups in total. The van der Waals surface area contributed by atoms with E-state index in [9.17, 15) is 4.79 Å². The monoisotopic (exact) mass is 378 g/mol. The smallest absolute Gasteiger partial charge is 0.410 e. The summed E-state index contributed by atoms with van der Waals surface area (Å²) in [4.78, 5) is 18.9. The number of benzene rings is 2. The van der Waals surface area contributed by atoms with Crippen molar-refractivity contribution in [2.45, 2.75) is 13.3 Å². The zero-order valence-corrected chi connectivity index (χ0v) is 15.1. The maximum Gasteiger partial charge on any atom is 0.410 e. The minimum atomic E-state index is -0.927. The molecule has 0 bridgehead atoms. The van der Waals surface area contributed by atoms with E-state index in [0.29, 0.717) is 29.6 Å². The average Bonchev–Trinajstić information content (AvgIpc) is 3.35. The standard InChI is InChI=1S/C20H18N4O4/c1-2-10-26-16-7-6-12(11-17(16)27-20(21)25)19-23-18(24-28-19)14-4-3-5-15-13(14)8-9-22-15/h3-9,11,22H,2,10H2,1H3,(H2,21,25). The van der Waals surface area contributed by atoms with E-state index in [1.54, 1.807) is 18.2 Å². The molecule has 0 spiro atoms. The van der Waals surface area contributed by atoms with Crippen molar-refractivity contribution in [2.24, 2.45) is 5.73 Å². The molecule has 2 aromatic carbocycles. The van der Waals surface area contributed by atoms with Gasteiger partial charge in [0.05, 0.1) is 6.61 Å². The van der Waals surface area contributed by atoms with Crippen molar-refractivity contribution in [3.05, 3.63) is 48.7 Å². The van der Waals surface area contributed by atoms with Crippen molar-refractivity contribution in [2.75, 3.05) is 6.61 Å². The third kappa shape index (κ3) is 3.39. The Hall–Kier alpha value is -3.81. The van der Waals surface area contributed by atoms with Gasteiger partial charge in [-0.15, -0.1) is 0 Å². The number of fused-ring (bicyclic) bond motifs is 1.